The van der Waals surface area contributed by atoms with Gasteiger partial charge < -0.3 is 10.1 Å². The van der Waals surface area contributed by atoms with Crippen molar-refractivity contribution in [1.29, 1.82) is 0 Å². The van der Waals surface area contributed by atoms with Crippen LogP contribution >= 0.6 is 0 Å². The van der Waals surface area contributed by atoms with Crippen LogP contribution in [-0.4, -0.2) is 43.6 Å². The molecule has 3 aromatic rings. The van der Waals surface area contributed by atoms with Crippen LogP contribution in [-0.2, 0) is 17.4 Å². The van der Waals surface area contributed by atoms with Crippen LogP contribution < -0.4 is 5.32 Å². The molecule has 3 rings (SSSR count). The minimum atomic E-state index is -5.84. The van der Waals surface area contributed by atoms with Gasteiger partial charge in [0, 0.05) is 18.9 Å². The lowest BCUT2D eigenvalue weighted by Crippen LogP contribution is -2.36. The molecule has 150 valence electrons. The van der Waals surface area contributed by atoms with Crippen LogP contribution in [0.4, 0.5) is 27.6 Å². The topological polar surface area (TPSA) is 86.3 Å². The molecule has 8 nitrogen and oxygen atoms in total. The number of hydrogen-bond acceptors (Lipinski definition) is 5. The number of rotatable bonds is 5. The summed E-state index contributed by atoms with van der Waals surface area (Å²) in [6, 6.07) is 1.59. The lowest BCUT2D eigenvalue weighted by Gasteiger charge is -2.20. The second-order valence-electron chi connectivity index (χ2n) is 5.79. The van der Waals surface area contributed by atoms with Crippen LogP contribution in [0.15, 0.2) is 24.5 Å². The number of aryl methyl sites for hydroxylation is 1. The standard InChI is InChI=1S/C15H13F5N6O2/c1-8-3-11(14(16,17)15(18,19)20)26-12(22-8)4-10(24-26)13(27)23-9-5-21-25(6-9)7-28-2/h3-6H,7H2,1-2H3,(H,23,27). The van der Waals surface area contributed by atoms with E-state index in [1.54, 1.807) is 0 Å². The third-order valence-corrected chi connectivity index (χ3v) is 3.62. The molecular formula is C15H13F5N6O2. The van der Waals surface area contributed by atoms with Gasteiger partial charge in [-0.25, -0.2) is 14.2 Å². The summed E-state index contributed by atoms with van der Waals surface area (Å²) in [5.41, 5.74) is -1.98. The highest BCUT2D eigenvalue weighted by Gasteiger charge is 2.60. The molecule has 0 spiro atoms. The fraction of sp³-hybridized carbons (Fsp3) is 0.333. The Kier molecular flexibility index (Phi) is 4.79. The van der Waals surface area contributed by atoms with Gasteiger partial charge in [-0.15, -0.1) is 0 Å². The fourth-order valence-corrected chi connectivity index (χ4v) is 2.41. The van der Waals surface area contributed by atoms with E-state index < -0.39 is 29.4 Å². The Balaban J connectivity index is 1.97. The highest BCUT2D eigenvalue weighted by Crippen LogP contribution is 2.43. The number of amides is 1. The lowest BCUT2D eigenvalue weighted by molar-refractivity contribution is -0.291. The first-order chi connectivity index (χ1) is 13.0. The summed E-state index contributed by atoms with van der Waals surface area (Å²) in [5.74, 6) is -6.01. The summed E-state index contributed by atoms with van der Waals surface area (Å²) < 4.78 is 72.6. The predicted octanol–water partition coefficient (Wildman–Crippen LogP) is 2.74. The molecule has 0 aliphatic heterocycles. The van der Waals surface area contributed by atoms with E-state index in [2.05, 4.69) is 20.5 Å². The van der Waals surface area contributed by atoms with Crippen molar-refractivity contribution in [2.24, 2.45) is 0 Å². The Labute approximate surface area is 153 Å². The van der Waals surface area contributed by atoms with E-state index in [1.165, 1.54) is 31.1 Å². The highest BCUT2D eigenvalue weighted by molar-refractivity contribution is 6.03. The number of alkyl halides is 5. The zero-order chi connectivity index (χ0) is 20.7. The second-order valence-corrected chi connectivity index (χ2v) is 5.79. The molecule has 28 heavy (non-hydrogen) atoms. The van der Waals surface area contributed by atoms with Gasteiger partial charge in [0.1, 0.15) is 12.4 Å². The first-order valence-corrected chi connectivity index (χ1v) is 7.68. The summed E-state index contributed by atoms with van der Waals surface area (Å²) in [5, 5.41) is 9.89. The molecule has 0 radical (unpaired) electrons. The molecule has 0 saturated heterocycles. The largest absolute Gasteiger partial charge is 0.459 e. The van der Waals surface area contributed by atoms with Crippen LogP contribution in [0.25, 0.3) is 5.65 Å². The molecule has 0 aliphatic rings. The smallest absolute Gasteiger partial charge is 0.362 e. The molecule has 0 aliphatic carbocycles. The van der Waals surface area contributed by atoms with Crippen LogP contribution in [0.5, 0.6) is 0 Å². The van der Waals surface area contributed by atoms with Gasteiger partial charge in [0.2, 0.25) is 0 Å². The van der Waals surface area contributed by atoms with E-state index in [0.29, 0.717) is 10.6 Å². The molecule has 3 heterocycles. The van der Waals surface area contributed by atoms with Crippen LogP contribution in [0.2, 0.25) is 0 Å². The number of aromatic nitrogens is 5. The van der Waals surface area contributed by atoms with E-state index >= 15 is 0 Å². The van der Waals surface area contributed by atoms with Gasteiger partial charge in [-0.05, 0) is 13.0 Å². The van der Waals surface area contributed by atoms with Gasteiger partial charge in [-0.1, -0.05) is 0 Å². The monoisotopic (exact) mass is 404 g/mol. The second kappa shape index (κ2) is 6.82. The third-order valence-electron chi connectivity index (χ3n) is 3.62. The third kappa shape index (κ3) is 3.52. The van der Waals surface area contributed by atoms with Crippen molar-refractivity contribution in [3.8, 4) is 0 Å². The maximum absolute atomic E-state index is 13.9. The minimum absolute atomic E-state index is 0.0841. The number of halogens is 5. The van der Waals surface area contributed by atoms with Crippen LogP contribution in [0.3, 0.4) is 0 Å². The molecule has 0 aromatic carbocycles. The molecule has 0 unspecified atom stereocenters. The summed E-state index contributed by atoms with van der Waals surface area (Å²) in [7, 11) is 1.44. The highest BCUT2D eigenvalue weighted by atomic mass is 19.4. The Bertz CT molecular complexity index is 1030. The van der Waals surface area contributed by atoms with Crippen molar-refractivity contribution in [2.45, 2.75) is 25.8 Å². The van der Waals surface area contributed by atoms with Crippen molar-refractivity contribution in [3.05, 3.63) is 41.6 Å². The van der Waals surface area contributed by atoms with E-state index in [0.717, 1.165) is 6.07 Å². The number of carbonyl (C=O) groups excluding carboxylic acids is 1. The van der Waals surface area contributed by atoms with Crippen molar-refractivity contribution in [3.63, 3.8) is 0 Å². The Morgan fingerprint density at radius 3 is 2.61 bits per heavy atom. The molecule has 1 amide bonds. The maximum Gasteiger partial charge on any atom is 0.459 e. The molecule has 0 atom stereocenters. The Morgan fingerprint density at radius 2 is 1.96 bits per heavy atom. The number of methoxy groups -OCH3 is 1. The number of nitrogens with zero attached hydrogens (tertiary/aromatic N) is 5. The lowest BCUT2D eigenvalue weighted by atomic mass is 10.2. The number of anilines is 1. The molecule has 0 fully saturated rings. The van der Waals surface area contributed by atoms with Crippen molar-refractivity contribution < 1.29 is 31.5 Å². The number of fused-ring (bicyclic) bond motifs is 1. The fourth-order valence-electron chi connectivity index (χ4n) is 2.41. The van der Waals surface area contributed by atoms with Gasteiger partial charge in [0.15, 0.2) is 11.3 Å². The summed E-state index contributed by atoms with van der Waals surface area (Å²) in [4.78, 5) is 16.2. The van der Waals surface area contributed by atoms with Crippen LogP contribution in [0.1, 0.15) is 21.9 Å². The number of nitrogens with one attached hydrogen (secondary N) is 1. The summed E-state index contributed by atoms with van der Waals surface area (Å²) >= 11 is 0. The van der Waals surface area contributed by atoms with Crippen molar-refractivity contribution in [1.82, 2.24) is 24.4 Å². The average molecular weight is 404 g/mol. The summed E-state index contributed by atoms with van der Waals surface area (Å²) in [6.07, 6.45) is -3.10. The normalized spacial score (nSPS) is 12.5. The zero-order valence-corrected chi connectivity index (χ0v) is 14.5. The summed E-state index contributed by atoms with van der Waals surface area (Å²) in [6.45, 7) is 1.39. The van der Waals surface area contributed by atoms with Crippen molar-refractivity contribution >= 4 is 17.2 Å². The van der Waals surface area contributed by atoms with E-state index in [9.17, 15) is 26.7 Å². The average Bonchev–Trinajstić information content (AvgIpc) is 3.20. The van der Waals surface area contributed by atoms with E-state index in [-0.39, 0.29) is 23.8 Å². The number of ether oxygens (including phenoxy) is 1. The van der Waals surface area contributed by atoms with Gasteiger partial charge in [0.25, 0.3) is 5.91 Å². The van der Waals surface area contributed by atoms with Gasteiger partial charge in [-0.2, -0.15) is 32.1 Å². The number of carbonyl (C=O) groups is 1. The minimum Gasteiger partial charge on any atom is -0.362 e. The SMILES string of the molecule is COCn1cc(NC(=O)c2cc3nc(C)cc(C(F)(F)C(F)(F)F)n3n2)cn1. The number of hydrogen-bond donors (Lipinski definition) is 1. The Morgan fingerprint density at radius 1 is 1.25 bits per heavy atom. The maximum atomic E-state index is 13.9. The molecular weight excluding hydrogens is 391 g/mol. The van der Waals surface area contributed by atoms with E-state index in [1.807, 2.05) is 0 Å². The van der Waals surface area contributed by atoms with E-state index in [4.69, 9.17) is 4.74 Å². The molecule has 3 aromatic heterocycles. The molecule has 13 heteroatoms. The predicted molar refractivity (Wildman–Crippen MR) is 84.9 cm³/mol. The van der Waals surface area contributed by atoms with Gasteiger partial charge >= 0.3 is 12.1 Å². The van der Waals surface area contributed by atoms with Gasteiger partial charge in [0.05, 0.1) is 18.1 Å². The van der Waals surface area contributed by atoms with Crippen molar-refractivity contribution in [2.75, 3.05) is 12.4 Å². The van der Waals surface area contributed by atoms with Gasteiger partial charge in [-0.3, -0.25) is 4.79 Å². The first-order valence-electron chi connectivity index (χ1n) is 7.68. The quantitative estimate of drug-likeness (QED) is 0.661. The first kappa shape index (κ1) is 19.7. The Hall–Kier alpha value is -3.09. The molecule has 0 saturated carbocycles. The zero-order valence-electron chi connectivity index (χ0n) is 14.5. The molecule has 1 N–H and O–H groups in total. The molecule has 0 bridgehead atoms. The van der Waals surface area contributed by atoms with Crippen LogP contribution in [0, 0.1) is 6.92 Å².